The summed E-state index contributed by atoms with van der Waals surface area (Å²) >= 11 is 0. The van der Waals surface area contributed by atoms with Crippen LogP contribution in [0.4, 0.5) is 11.4 Å². The normalized spacial score (nSPS) is 11.2. The van der Waals surface area contributed by atoms with Crippen molar-refractivity contribution in [1.29, 1.82) is 0 Å². The molecule has 7 nitrogen and oxygen atoms in total. The molecule has 0 unspecified atom stereocenters. The highest BCUT2D eigenvalue weighted by atomic mass is 32.2. The van der Waals surface area contributed by atoms with E-state index >= 15 is 0 Å². The molecule has 0 saturated carbocycles. The van der Waals surface area contributed by atoms with Crippen molar-refractivity contribution in [1.82, 2.24) is 0 Å². The lowest BCUT2D eigenvalue weighted by atomic mass is 10.1. The molecule has 0 aliphatic carbocycles. The molecule has 2 aromatic carbocycles. The highest BCUT2D eigenvalue weighted by Gasteiger charge is 2.28. The van der Waals surface area contributed by atoms with Gasteiger partial charge in [-0.1, -0.05) is 36.4 Å². The number of nitro groups is 1. The second-order valence-electron chi connectivity index (χ2n) is 5.08. The number of likely N-dealkylation sites (N-methyl/N-ethyl adjacent to an activating group) is 1. The third-order valence-electron chi connectivity index (χ3n) is 3.46. The molecule has 2 aromatic rings. The quantitative estimate of drug-likeness (QED) is 0.641. The van der Waals surface area contributed by atoms with Gasteiger partial charge in [-0.2, -0.15) is 0 Å². The highest BCUT2D eigenvalue weighted by Crippen LogP contribution is 2.33. The van der Waals surface area contributed by atoms with Crippen LogP contribution < -0.4 is 10.0 Å². The molecule has 8 heteroatoms. The molecule has 2 N–H and O–H groups in total. The Morgan fingerprint density at radius 2 is 1.78 bits per heavy atom. The number of benzene rings is 2. The topological polar surface area (TPSA) is 107 Å². The van der Waals surface area contributed by atoms with Gasteiger partial charge in [-0.25, -0.2) is 13.6 Å². The Labute approximate surface area is 134 Å². The summed E-state index contributed by atoms with van der Waals surface area (Å²) in [7, 11) is -2.49. The van der Waals surface area contributed by atoms with Crippen molar-refractivity contribution in [2.24, 2.45) is 5.14 Å². The molecule has 2 rings (SSSR count). The first-order valence-electron chi connectivity index (χ1n) is 6.86. The van der Waals surface area contributed by atoms with Crippen LogP contribution >= 0.6 is 0 Å². The lowest BCUT2D eigenvalue weighted by molar-refractivity contribution is -0.387. The van der Waals surface area contributed by atoms with Gasteiger partial charge in [-0.15, -0.1) is 0 Å². The molecule has 0 spiro atoms. The van der Waals surface area contributed by atoms with E-state index in [-0.39, 0.29) is 5.69 Å². The molecular weight excluding hydrogens is 318 g/mol. The van der Waals surface area contributed by atoms with Crippen molar-refractivity contribution in [2.75, 3.05) is 18.5 Å². The van der Waals surface area contributed by atoms with Gasteiger partial charge >= 0.3 is 5.69 Å². The van der Waals surface area contributed by atoms with E-state index < -0.39 is 25.5 Å². The summed E-state index contributed by atoms with van der Waals surface area (Å²) in [5.74, 6) is 0. The Kier molecular flexibility index (Phi) is 4.97. The first kappa shape index (κ1) is 16.9. The Hall–Kier alpha value is -2.45. The van der Waals surface area contributed by atoms with Crippen molar-refractivity contribution in [3.63, 3.8) is 0 Å². The van der Waals surface area contributed by atoms with Crippen LogP contribution in [-0.4, -0.2) is 26.9 Å². The van der Waals surface area contributed by atoms with Crippen LogP contribution in [0.2, 0.25) is 0 Å². The van der Waals surface area contributed by atoms with Gasteiger partial charge in [0.05, 0.1) is 4.92 Å². The zero-order valence-corrected chi connectivity index (χ0v) is 13.4. The fraction of sp³-hybridized carbons (Fsp3) is 0.200. The van der Waals surface area contributed by atoms with E-state index in [1.807, 2.05) is 30.3 Å². The molecule has 0 radical (unpaired) electrons. The van der Waals surface area contributed by atoms with Crippen LogP contribution in [0, 0.1) is 10.1 Å². The van der Waals surface area contributed by atoms with Gasteiger partial charge in [0.1, 0.15) is 5.69 Å². The zero-order chi connectivity index (χ0) is 17.0. The van der Waals surface area contributed by atoms with Crippen molar-refractivity contribution < 1.29 is 13.3 Å². The molecule has 0 aliphatic rings. The van der Waals surface area contributed by atoms with Gasteiger partial charge in [0, 0.05) is 13.6 Å². The van der Waals surface area contributed by atoms with Crippen molar-refractivity contribution in [3.8, 4) is 0 Å². The lowest BCUT2D eigenvalue weighted by Crippen LogP contribution is -2.23. The first-order valence-corrected chi connectivity index (χ1v) is 8.40. The van der Waals surface area contributed by atoms with Gasteiger partial charge in [-0.05, 0) is 24.1 Å². The maximum Gasteiger partial charge on any atom is 0.312 e. The third-order valence-corrected chi connectivity index (χ3v) is 4.40. The zero-order valence-electron chi connectivity index (χ0n) is 12.5. The van der Waals surface area contributed by atoms with Crippen LogP contribution in [0.15, 0.2) is 53.4 Å². The van der Waals surface area contributed by atoms with Gasteiger partial charge in [0.2, 0.25) is 10.0 Å². The molecule has 0 bridgehead atoms. The van der Waals surface area contributed by atoms with Crippen molar-refractivity contribution >= 4 is 21.4 Å². The summed E-state index contributed by atoms with van der Waals surface area (Å²) in [6, 6.07) is 13.8. The number of nitro benzene ring substituents is 1. The van der Waals surface area contributed by atoms with E-state index in [9.17, 15) is 18.5 Å². The predicted molar refractivity (Wildman–Crippen MR) is 87.9 cm³/mol. The monoisotopic (exact) mass is 335 g/mol. The van der Waals surface area contributed by atoms with Crippen LogP contribution in [0.25, 0.3) is 0 Å². The lowest BCUT2D eigenvalue weighted by Gasteiger charge is -2.20. The molecule has 0 aliphatic heterocycles. The second-order valence-corrected chi connectivity index (χ2v) is 6.61. The summed E-state index contributed by atoms with van der Waals surface area (Å²) in [5.41, 5.74) is 0.813. The maximum atomic E-state index is 11.6. The van der Waals surface area contributed by atoms with Crippen LogP contribution in [0.3, 0.4) is 0 Å². The van der Waals surface area contributed by atoms with E-state index in [4.69, 9.17) is 5.14 Å². The fourth-order valence-corrected chi connectivity index (χ4v) is 3.01. The van der Waals surface area contributed by atoms with Crippen molar-refractivity contribution in [2.45, 2.75) is 11.3 Å². The number of rotatable bonds is 6. The average molecular weight is 335 g/mol. The molecule has 122 valence electrons. The number of nitrogens with two attached hydrogens (primary N) is 1. The predicted octanol–water partition coefficient (Wildman–Crippen LogP) is 1.92. The minimum Gasteiger partial charge on any atom is -0.369 e. The highest BCUT2D eigenvalue weighted by molar-refractivity contribution is 7.89. The van der Waals surface area contributed by atoms with E-state index in [0.717, 1.165) is 11.6 Å². The molecule has 0 heterocycles. The van der Waals surface area contributed by atoms with Gasteiger partial charge < -0.3 is 4.90 Å². The molecule has 23 heavy (non-hydrogen) atoms. The number of sulfonamides is 1. The summed E-state index contributed by atoms with van der Waals surface area (Å²) in [5, 5.41) is 16.4. The number of nitrogens with zero attached hydrogens (tertiary/aromatic N) is 2. The Morgan fingerprint density at radius 1 is 1.13 bits per heavy atom. The molecular formula is C15H17N3O4S. The number of para-hydroxylation sites is 1. The summed E-state index contributed by atoms with van der Waals surface area (Å²) in [4.78, 5) is 11.8. The average Bonchev–Trinajstić information content (AvgIpc) is 2.52. The SMILES string of the molecule is CN(CCc1ccccc1)c1cccc(S(N)(=O)=O)c1[N+](=O)[O-]. The molecule has 0 fully saturated rings. The summed E-state index contributed by atoms with van der Waals surface area (Å²) < 4.78 is 23.1. The van der Waals surface area contributed by atoms with Gasteiger partial charge in [0.25, 0.3) is 0 Å². The second kappa shape index (κ2) is 6.76. The number of primary sulfonamides is 1. The number of anilines is 1. The van der Waals surface area contributed by atoms with E-state index in [1.165, 1.54) is 12.1 Å². The standard InChI is InChI=1S/C15H17N3O4S/c1-17(11-10-12-6-3-2-4-7-12)13-8-5-9-14(23(16,21)22)15(13)18(19)20/h2-9H,10-11H2,1H3,(H2,16,21,22). The smallest absolute Gasteiger partial charge is 0.312 e. The first-order chi connectivity index (χ1) is 10.8. The molecule has 0 saturated heterocycles. The van der Waals surface area contributed by atoms with Gasteiger partial charge in [-0.3, -0.25) is 10.1 Å². The van der Waals surface area contributed by atoms with Gasteiger partial charge in [0.15, 0.2) is 4.90 Å². The largest absolute Gasteiger partial charge is 0.369 e. The fourth-order valence-electron chi connectivity index (χ4n) is 2.29. The molecule has 0 atom stereocenters. The van der Waals surface area contributed by atoms with Crippen LogP contribution in [0.5, 0.6) is 0 Å². The minimum atomic E-state index is -4.17. The van der Waals surface area contributed by atoms with Crippen LogP contribution in [-0.2, 0) is 16.4 Å². The molecule has 0 amide bonds. The Balaban J connectivity index is 2.33. The van der Waals surface area contributed by atoms with E-state index in [2.05, 4.69) is 0 Å². The maximum absolute atomic E-state index is 11.6. The Morgan fingerprint density at radius 3 is 2.35 bits per heavy atom. The number of hydrogen-bond acceptors (Lipinski definition) is 5. The molecule has 0 aromatic heterocycles. The number of hydrogen-bond donors (Lipinski definition) is 1. The van der Waals surface area contributed by atoms with Crippen molar-refractivity contribution in [3.05, 3.63) is 64.2 Å². The van der Waals surface area contributed by atoms with E-state index in [1.54, 1.807) is 11.9 Å². The summed E-state index contributed by atoms with van der Waals surface area (Å²) in [6.07, 6.45) is 0.675. The Bertz CT molecular complexity index is 807. The van der Waals surface area contributed by atoms with Crippen LogP contribution in [0.1, 0.15) is 5.56 Å². The van der Waals surface area contributed by atoms with E-state index in [0.29, 0.717) is 13.0 Å². The minimum absolute atomic E-state index is 0.220. The summed E-state index contributed by atoms with van der Waals surface area (Å²) in [6.45, 7) is 0.499. The third kappa shape index (κ3) is 4.05.